The summed E-state index contributed by atoms with van der Waals surface area (Å²) in [7, 11) is 0. The Morgan fingerprint density at radius 1 is 1.36 bits per heavy atom. The quantitative estimate of drug-likeness (QED) is 0.742. The third kappa shape index (κ3) is 3.76. The van der Waals surface area contributed by atoms with Crippen molar-refractivity contribution in [3.8, 4) is 0 Å². The molecule has 3 atom stereocenters. The number of thioether (sulfide) groups is 1. The van der Waals surface area contributed by atoms with Gasteiger partial charge in [-0.25, -0.2) is 0 Å². The maximum Gasteiger partial charge on any atom is 0.309 e. The summed E-state index contributed by atoms with van der Waals surface area (Å²) < 4.78 is 9.97. The molecule has 0 spiro atoms. The van der Waals surface area contributed by atoms with Crippen LogP contribution in [-0.4, -0.2) is 50.6 Å². The summed E-state index contributed by atoms with van der Waals surface area (Å²) in [6.07, 6.45) is 0.220. The molecule has 28 heavy (non-hydrogen) atoms. The average molecular weight is 410 g/mol. The second-order valence-electron chi connectivity index (χ2n) is 7.87. The summed E-state index contributed by atoms with van der Waals surface area (Å²) in [6.45, 7) is 9.70. The monoisotopic (exact) mass is 409 g/mol. The van der Waals surface area contributed by atoms with Gasteiger partial charge in [0.25, 0.3) is 5.91 Å². The molecule has 1 aromatic rings. The van der Waals surface area contributed by atoms with Crippen LogP contribution in [0.2, 0.25) is 0 Å². The molecule has 0 bridgehead atoms. The third-order valence-corrected chi connectivity index (χ3v) is 6.93. The van der Waals surface area contributed by atoms with E-state index >= 15 is 0 Å². The van der Waals surface area contributed by atoms with Crippen LogP contribution in [0.5, 0.6) is 0 Å². The topological polar surface area (TPSA) is 102 Å². The van der Waals surface area contributed by atoms with E-state index < -0.39 is 16.9 Å². The molecule has 0 aromatic carbocycles. The lowest BCUT2D eigenvalue weighted by atomic mass is 9.98. The number of carbonyl (C=O) groups is 3. The van der Waals surface area contributed by atoms with Gasteiger partial charge >= 0.3 is 5.97 Å². The van der Waals surface area contributed by atoms with Crippen LogP contribution in [0.4, 0.5) is 0 Å². The fourth-order valence-corrected chi connectivity index (χ4v) is 4.89. The number of esters is 1. The van der Waals surface area contributed by atoms with Crippen molar-refractivity contribution in [2.45, 2.75) is 70.9 Å². The van der Waals surface area contributed by atoms with Crippen molar-refractivity contribution in [2.75, 3.05) is 5.88 Å². The Morgan fingerprint density at radius 3 is 2.64 bits per heavy atom. The molecule has 3 heterocycles. The molecular weight excluding hydrogens is 382 g/mol. The molecule has 0 unspecified atom stereocenters. The number of hydrogen-bond acceptors (Lipinski definition) is 7. The summed E-state index contributed by atoms with van der Waals surface area (Å²) in [6, 6.07) is -0.648. The smallest absolute Gasteiger partial charge is 0.309 e. The summed E-state index contributed by atoms with van der Waals surface area (Å²) in [5, 5.41) is 6.81. The molecule has 2 saturated heterocycles. The van der Waals surface area contributed by atoms with Gasteiger partial charge in [-0.2, -0.15) is 0 Å². The zero-order chi connectivity index (χ0) is 20.6. The van der Waals surface area contributed by atoms with E-state index in [0.717, 1.165) is 11.3 Å². The molecule has 3 rings (SSSR count). The van der Waals surface area contributed by atoms with Crippen molar-refractivity contribution >= 4 is 29.5 Å². The first kappa shape index (κ1) is 20.7. The highest BCUT2D eigenvalue weighted by Crippen LogP contribution is 2.40. The van der Waals surface area contributed by atoms with E-state index in [4.69, 9.17) is 9.26 Å². The lowest BCUT2D eigenvalue weighted by Gasteiger charge is -2.31. The highest BCUT2D eigenvalue weighted by Gasteiger charge is 2.51. The van der Waals surface area contributed by atoms with Crippen LogP contribution in [0.3, 0.4) is 0 Å². The standard InChI is InChI=1S/C19H27N3O5S/c1-6-12-7-14(26-18(12)25)17(24)22-9-28-19(4,5)15(22)16(23)20-8-13-10(2)21-27-11(13)3/h12,14-15H,6-9H2,1-5H3,(H,20,23)/t12-,14+,15-/m1/s1. The summed E-state index contributed by atoms with van der Waals surface area (Å²) in [5.41, 5.74) is 1.57. The van der Waals surface area contributed by atoms with E-state index in [-0.39, 0.29) is 30.2 Å². The number of aryl methyl sites for hydroxylation is 2. The number of nitrogens with one attached hydrogen (secondary N) is 1. The van der Waals surface area contributed by atoms with Gasteiger partial charge in [-0.05, 0) is 34.1 Å². The minimum Gasteiger partial charge on any atom is -0.452 e. The summed E-state index contributed by atoms with van der Waals surface area (Å²) in [5.74, 6) is -0.0515. The van der Waals surface area contributed by atoms with Crippen molar-refractivity contribution in [1.82, 2.24) is 15.4 Å². The van der Waals surface area contributed by atoms with Gasteiger partial charge in [0.05, 0.1) is 17.5 Å². The number of cyclic esters (lactones) is 1. The van der Waals surface area contributed by atoms with Crippen LogP contribution in [0.25, 0.3) is 0 Å². The van der Waals surface area contributed by atoms with Gasteiger partial charge in [0.2, 0.25) is 5.91 Å². The van der Waals surface area contributed by atoms with E-state index in [0.29, 0.717) is 24.5 Å². The summed E-state index contributed by atoms with van der Waals surface area (Å²) >= 11 is 1.54. The second-order valence-corrected chi connectivity index (χ2v) is 9.47. The van der Waals surface area contributed by atoms with Gasteiger partial charge in [-0.1, -0.05) is 12.1 Å². The van der Waals surface area contributed by atoms with E-state index in [2.05, 4.69) is 10.5 Å². The second kappa shape index (κ2) is 7.77. The first-order valence-electron chi connectivity index (χ1n) is 9.50. The van der Waals surface area contributed by atoms with Crippen molar-refractivity contribution in [2.24, 2.45) is 5.92 Å². The van der Waals surface area contributed by atoms with E-state index in [1.807, 2.05) is 27.7 Å². The average Bonchev–Trinajstić information content (AvgIpc) is 3.27. The number of aromatic nitrogens is 1. The predicted octanol–water partition coefficient (Wildman–Crippen LogP) is 1.93. The molecule has 8 nitrogen and oxygen atoms in total. The molecule has 2 aliphatic rings. The molecule has 0 radical (unpaired) electrons. The van der Waals surface area contributed by atoms with Crippen LogP contribution in [-0.2, 0) is 25.7 Å². The Morgan fingerprint density at radius 2 is 2.07 bits per heavy atom. The molecule has 0 saturated carbocycles. The fourth-order valence-electron chi connectivity index (χ4n) is 3.75. The Bertz CT molecular complexity index is 771. The number of carbonyl (C=O) groups excluding carboxylic acids is 3. The molecule has 0 aliphatic carbocycles. The molecule has 2 amide bonds. The van der Waals surface area contributed by atoms with Gasteiger partial charge in [0.15, 0.2) is 6.10 Å². The minimum absolute atomic E-state index is 0.236. The molecule has 2 aliphatic heterocycles. The van der Waals surface area contributed by atoms with Crippen molar-refractivity contribution in [3.05, 3.63) is 17.0 Å². The highest BCUT2D eigenvalue weighted by molar-refractivity contribution is 8.00. The fraction of sp³-hybridized carbons (Fsp3) is 0.684. The Kier molecular flexibility index (Phi) is 5.74. The van der Waals surface area contributed by atoms with Gasteiger partial charge in [0.1, 0.15) is 11.8 Å². The third-order valence-electron chi connectivity index (χ3n) is 5.56. The maximum absolute atomic E-state index is 13.0. The number of rotatable bonds is 5. The van der Waals surface area contributed by atoms with Crippen molar-refractivity contribution < 1.29 is 23.6 Å². The Balaban J connectivity index is 1.72. The molecule has 154 valence electrons. The van der Waals surface area contributed by atoms with Crippen LogP contribution in [0.1, 0.15) is 50.6 Å². The highest BCUT2D eigenvalue weighted by atomic mass is 32.2. The van der Waals surface area contributed by atoms with Gasteiger partial charge < -0.3 is 19.5 Å². The van der Waals surface area contributed by atoms with Crippen LogP contribution in [0, 0.1) is 19.8 Å². The molecular formula is C19H27N3O5S. The van der Waals surface area contributed by atoms with Gasteiger partial charge in [-0.15, -0.1) is 11.8 Å². The molecule has 1 aromatic heterocycles. The van der Waals surface area contributed by atoms with E-state index in [1.54, 1.807) is 23.6 Å². The Labute approximate surface area is 168 Å². The zero-order valence-electron chi connectivity index (χ0n) is 16.9. The SMILES string of the molecule is CC[C@@H]1C[C@@H](C(=O)N2CSC(C)(C)[C@H]2C(=O)NCc2c(C)noc2C)OC1=O. The first-order chi connectivity index (χ1) is 13.2. The van der Waals surface area contributed by atoms with Crippen molar-refractivity contribution in [1.29, 1.82) is 0 Å². The minimum atomic E-state index is -0.801. The molecule has 1 N–H and O–H groups in total. The Hall–Kier alpha value is -2.03. The largest absolute Gasteiger partial charge is 0.452 e. The number of amides is 2. The number of hydrogen-bond donors (Lipinski definition) is 1. The van der Waals surface area contributed by atoms with E-state index in [9.17, 15) is 14.4 Å². The zero-order valence-corrected chi connectivity index (χ0v) is 17.7. The van der Waals surface area contributed by atoms with Gasteiger partial charge in [-0.3, -0.25) is 14.4 Å². The van der Waals surface area contributed by atoms with Crippen LogP contribution < -0.4 is 5.32 Å². The molecule has 9 heteroatoms. The first-order valence-corrected chi connectivity index (χ1v) is 10.5. The van der Waals surface area contributed by atoms with Gasteiger partial charge in [0, 0.05) is 23.3 Å². The lowest BCUT2D eigenvalue weighted by Crippen LogP contribution is -2.55. The van der Waals surface area contributed by atoms with Crippen LogP contribution >= 0.6 is 11.8 Å². The predicted molar refractivity (Wildman–Crippen MR) is 103 cm³/mol. The van der Waals surface area contributed by atoms with Crippen molar-refractivity contribution in [3.63, 3.8) is 0 Å². The van der Waals surface area contributed by atoms with E-state index in [1.165, 1.54) is 0 Å². The maximum atomic E-state index is 13.0. The number of nitrogens with zero attached hydrogens (tertiary/aromatic N) is 2. The number of ether oxygens (including phenoxy) is 1. The lowest BCUT2D eigenvalue weighted by molar-refractivity contribution is -0.155. The summed E-state index contributed by atoms with van der Waals surface area (Å²) in [4.78, 5) is 39.5. The normalized spacial score (nSPS) is 26.4. The van der Waals surface area contributed by atoms with Crippen LogP contribution in [0.15, 0.2) is 4.52 Å². The molecule has 2 fully saturated rings.